The van der Waals surface area contributed by atoms with Crippen LogP contribution in [-0.4, -0.2) is 54.0 Å². The number of ether oxygens (including phenoxy) is 2. The number of carbonyl (C=O) groups is 3. The van der Waals surface area contributed by atoms with E-state index >= 15 is 0 Å². The molecule has 7 nitrogen and oxygen atoms in total. The first-order valence-electron chi connectivity index (χ1n) is 9.51. The Morgan fingerprint density at radius 2 is 1.93 bits per heavy atom. The number of amides is 1. The van der Waals surface area contributed by atoms with Crippen molar-refractivity contribution in [2.75, 3.05) is 26.3 Å². The summed E-state index contributed by atoms with van der Waals surface area (Å²) < 4.78 is 11.2. The van der Waals surface area contributed by atoms with E-state index in [1.165, 1.54) is 0 Å². The summed E-state index contributed by atoms with van der Waals surface area (Å²) in [5.74, 6) is -0.985. The summed E-state index contributed by atoms with van der Waals surface area (Å²) in [6.07, 6.45) is 1.85. The van der Waals surface area contributed by atoms with E-state index in [4.69, 9.17) is 9.47 Å². The van der Waals surface area contributed by atoms with Gasteiger partial charge in [0.2, 0.25) is 0 Å². The summed E-state index contributed by atoms with van der Waals surface area (Å²) in [4.78, 5) is 42.0. The molecule has 1 aliphatic rings. The number of fused-ring (bicyclic) bond motifs is 1. The lowest BCUT2D eigenvalue weighted by Gasteiger charge is -2.30. The van der Waals surface area contributed by atoms with E-state index in [1.807, 2.05) is 24.3 Å². The third-order valence-corrected chi connectivity index (χ3v) is 5.80. The van der Waals surface area contributed by atoms with Gasteiger partial charge in [0.1, 0.15) is 0 Å². The van der Waals surface area contributed by atoms with Gasteiger partial charge < -0.3 is 14.4 Å². The number of piperidine rings is 1. The van der Waals surface area contributed by atoms with Crippen molar-refractivity contribution in [1.82, 2.24) is 9.88 Å². The molecule has 0 spiro atoms. The normalized spacial score (nSPS) is 14.8. The predicted octanol–water partition coefficient (Wildman–Crippen LogP) is 2.57. The first-order chi connectivity index (χ1) is 13.6. The molecule has 8 heteroatoms. The van der Waals surface area contributed by atoms with E-state index in [-0.39, 0.29) is 30.8 Å². The van der Waals surface area contributed by atoms with E-state index in [0.29, 0.717) is 39.0 Å². The second-order valence-electron chi connectivity index (χ2n) is 6.64. The van der Waals surface area contributed by atoms with E-state index in [2.05, 4.69) is 4.98 Å². The van der Waals surface area contributed by atoms with E-state index in [1.54, 1.807) is 23.2 Å². The lowest BCUT2D eigenvalue weighted by molar-refractivity contribution is -0.154. The zero-order valence-electron chi connectivity index (χ0n) is 15.9. The van der Waals surface area contributed by atoms with Crippen molar-refractivity contribution in [2.45, 2.75) is 32.6 Å². The van der Waals surface area contributed by atoms with Crippen molar-refractivity contribution >= 4 is 39.4 Å². The van der Waals surface area contributed by atoms with Crippen LogP contribution in [0.4, 0.5) is 0 Å². The van der Waals surface area contributed by atoms with Gasteiger partial charge in [0.15, 0.2) is 6.61 Å². The van der Waals surface area contributed by atoms with Crippen molar-refractivity contribution in [3.8, 4) is 0 Å². The molecule has 1 aromatic carbocycles. The molecule has 0 atom stereocenters. The number of para-hydroxylation sites is 1. The number of hydrogen-bond donors (Lipinski definition) is 0. The summed E-state index contributed by atoms with van der Waals surface area (Å²) in [6.45, 7) is 2.84. The van der Waals surface area contributed by atoms with Gasteiger partial charge in [0.05, 0.1) is 34.2 Å². The molecule has 2 heterocycles. The molecule has 3 rings (SSSR count). The van der Waals surface area contributed by atoms with Crippen LogP contribution >= 0.6 is 11.3 Å². The third kappa shape index (κ3) is 5.28. The smallest absolute Gasteiger partial charge is 0.309 e. The summed E-state index contributed by atoms with van der Waals surface area (Å²) >= 11 is 1.56. The van der Waals surface area contributed by atoms with Gasteiger partial charge in [-0.3, -0.25) is 14.4 Å². The Kier molecular flexibility index (Phi) is 6.97. The molecule has 1 amide bonds. The van der Waals surface area contributed by atoms with Crippen molar-refractivity contribution in [3.63, 3.8) is 0 Å². The van der Waals surface area contributed by atoms with Crippen molar-refractivity contribution in [3.05, 3.63) is 29.3 Å². The number of thiazole rings is 1. The summed E-state index contributed by atoms with van der Waals surface area (Å²) in [5, 5.41) is 0.880. The third-order valence-electron chi connectivity index (χ3n) is 4.71. The largest absolute Gasteiger partial charge is 0.466 e. The van der Waals surface area contributed by atoms with Crippen LogP contribution in [0.3, 0.4) is 0 Å². The highest BCUT2D eigenvalue weighted by Gasteiger charge is 2.28. The van der Waals surface area contributed by atoms with Gasteiger partial charge in [-0.15, -0.1) is 11.3 Å². The molecule has 2 aromatic rings. The van der Waals surface area contributed by atoms with Crippen LogP contribution in [0.25, 0.3) is 10.2 Å². The fraction of sp³-hybridized carbons (Fsp3) is 0.500. The van der Waals surface area contributed by atoms with Gasteiger partial charge >= 0.3 is 11.9 Å². The molecule has 1 aromatic heterocycles. The standard InChI is InChI=1S/C20H24N2O5S/c1-2-26-20(25)14-9-11-22(12-10-14)18(23)13-27-19(24)8-7-17-21-15-5-3-4-6-16(15)28-17/h3-6,14H,2,7-13H2,1H3. The van der Waals surface area contributed by atoms with Gasteiger partial charge in [-0.25, -0.2) is 4.98 Å². The monoisotopic (exact) mass is 404 g/mol. The molecular weight excluding hydrogens is 380 g/mol. The van der Waals surface area contributed by atoms with Crippen LogP contribution < -0.4 is 0 Å². The van der Waals surface area contributed by atoms with E-state index in [9.17, 15) is 14.4 Å². The zero-order chi connectivity index (χ0) is 19.9. The molecule has 1 saturated heterocycles. The molecule has 1 fully saturated rings. The Balaban J connectivity index is 1.37. The Morgan fingerprint density at radius 3 is 2.64 bits per heavy atom. The van der Waals surface area contributed by atoms with Crippen LogP contribution in [0, 0.1) is 5.92 Å². The number of esters is 2. The minimum atomic E-state index is -0.408. The Morgan fingerprint density at radius 1 is 1.18 bits per heavy atom. The summed E-state index contributed by atoms with van der Waals surface area (Å²) in [7, 11) is 0. The average Bonchev–Trinajstić information content (AvgIpc) is 3.14. The van der Waals surface area contributed by atoms with Crippen molar-refractivity contribution in [1.29, 1.82) is 0 Å². The van der Waals surface area contributed by atoms with E-state index in [0.717, 1.165) is 15.2 Å². The Labute approximate surface area is 167 Å². The summed E-state index contributed by atoms with van der Waals surface area (Å²) in [6, 6.07) is 7.83. The molecule has 0 unspecified atom stereocenters. The van der Waals surface area contributed by atoms with Gasteiger partial charge in [0.25, 0.3) is 5.91 Å². The number of nitrogens with zero attached hydrogens (tertiary/aromatic N) is 2. The number of likely N-dealkylation sites (tertiary alicyclic amines) is 1. The maximum absolute atomic E-state index is 12.2. The zero-order valence-corrected chi connectivity index (χ0v) is 16.7. The first-order valence-corrected chi connectivity index (χ1v) is 10.3. The highest BCUT2D eigenvalue weighted by Crippen LogP contribution is 2.22. The molecular formula is C20H24N2O5S. The summed E-state index contributed by atoms with van der Waals surface area (Å²) in [5.41, 5.74) is 0.928. The minimum absolute atomic E-state index is 0.152. The van der Waals surface area contributed by atoms with Gasteiger partial charge in [0, 0.05) is 19.5 Å². The van der Waals surface area contributed by atoms with Crippen molar-refractivity contribution in [2.24, 2.45) is 5.92 Å². The molecule has 0 bridgehead atoms. The van der Waals surface area contributed by atoms with Gasteiger partial charge in [-0.05, 0) is 31.9 Å². The van der Waals surface area contributed by atoms with Crippen molar-refractivity contribution < 1.29 is 23.9 Å². The number of aromatic nitrogens is 1. The number of carbonyl (C=O) groups excluding carboxylic acids is 3. The lowest BCUT2D eigenvalue weighted by atomic mass is 9.97. The molecule has 0 N–H and O–H groups in total. The second kappa shape index (κ2) is 9.64. The Hall–Kier alpha value is -2.48. The van der Waals surface area contributed by atoms with Crippen LogP contribution in [-0.2, 0) is 30.3 Å². The SMILES string of the molecule is CCOC(=O)C1CCN(C(=O)COC(=O)CCc2nc3ccccc3s2)CC1. The highest BCUT2D eigenvalue weighted by atomic mass is 32.1. The molecule has 28 heavy (non-hydrogen) atoms. The fourth-order valence-corrected chi connectivity index (χ4v) is 4.13. The molecule has 0 aliphatic carbocycles. The average molecular weight is 404 g/mol. The minimum Gasteiger partial charge on any atom is -0.466 e. The molecule has 1 aliphatic heterocycles. The molecule has 0 saturated carbocycles. The maximum atomic E-state index is 12.2. The van der Waals surface area contributed by atoms with Gasteiger partial charge in [-0.1, -0.05) is 12.1 Å². The lowest BCUT2D eigenvalue weighted by Crippen LogP contribution is -2.42. The van der Waals surface area contributed by atoms with Gasteiger partial charge in [-0.2, -0.15) is 0 Å². The fourth-order valence-electron chi connectivity index (χ4n) is 3.17. The second-order valence-corrected chi connectivity index (χ2v) is 7.76. The van der Waals surface area contributed by atoms with E-state index < -0.39 is 5.97 Å². The first kappa shape index (κ1) is 20.3. The predicted molar refractivity (Wildman–Crippen MR) is 105 cm³/mol. The maximum Gasteiger partial charge on any atom is 0.309 e. The number of hydrogen-bond acceptors (Lipinski definition) is 7. The van der Waals surface area contributed by atoms with Crippen LogP contribution in [0.1, 0.15) is 31.2 Å². The number of benzene rings is 1. The number of aryl methyl sites for hydroxylation is 1. The Bertz CT molecular complexity index is 809. The van der Waals surface area contributed by atoms with Crippen LogP contribution in [0.5, 0.6) is 0 Å². The molecule has 150 valence electrons. The molecule has 0 radical (unpaired) electrons. The highest BCUT2D eigenvalue weighted by molar-refractivity contribution is 7.18. The topological polar surface area (TPSA) is 85.8 Å². The quantitative estimate of drug-likeness (QED) is 0.660. The van der Waals surface area contributed by atoms with Crippen LogP contribution in [0.15, 0.2) is 24.3 Å². The van der Waals surface area contributed by atoms with Crippen LogP contribution in [0.2, 0.25) is 0 Å². The number of rotatable bonds is 7.